The van der Waals surface area contributed by atoms with E-state index in [2.05, 4.69) is 6.08 Å². The van der Waals surface area contributed by atoms with Crippen molar-refractivity contribution in [1.82, 2.24) is 0 Å². The van der Waals surface area contributed by atoms with Gasteiger partial charge in [-0.1, -0.05) is 13.0 Å². The third-order valence-corrected chi connectivity index (χ3v) is 3.10. The summed E-state index contributed by atoms with van der Waals surface area (Å²) in [5.74, 6) is 0.620. The summed E-state index contributed by atoms with van der Waals surface area (Å²) >= 11 is 0. The van der Waals surface area contributed by atoms with Crippen LogP contribution in [0, 0.1) is 11.8 Å². The lowest BCUT2D eigenvalue weighted by Gasteiger charge is -2.36. The molecule has 2 bridgehead atoms. The monoisotopic (exact) mass is 166 g/mol. The second-order valence-corrected chi connectivity index (χ2v) is 3.89. The predicted octanol–water partition coefficient (Wildman–Crippen LogP) is 1.90. The molecule has 0 aromatic heterocycles. The Morgan fingerprint density at radius 2 is 2.33 bits per heavy atom. The second kappa shape index (κ2) is 2.61. The number of hydrogen-bond acceptors (Lipinski definition) is 2. The molecule has 2 aliphatic rings. The molecular formula is C10H14O2. The SMILES string of the molecule is CC1=CC[C@@H]2C[C@H]1OC(=O)C2C. The first-order chi connectivity index (χ1) is 5.68. The van der Waals surface area contributed by atoms with E-state index in [1.165, 1.54) is 5.57 Å². The fourth-order valence-corrected chi connectivity index (χ4v) is 2.02. The Kier molecular flexibility index (Phi) is 1.71. The number of fused-ring (bicyclic) bond motifs is 2. The summed E-state index contributed by atoms with van der Waals surface area (Å²) in [7, 11) is 0. The van der Waals surface area contributed by atoms with Gasteiger partial charge in [-0.15, -0.1) is 0 Å². The van der Waals surface area contributed by atoms with Crippen LogP contribution in [0.15, 0.2) is 11.6 Å². The number of carbonyl (C=O) groups excluding carboxylic acids is 1. The molecule has 1 heterocycles. The average Bonchev–Trinajstić information content (AvgIpc) is 2.06. The van der Waals surface area contributed by atoms with Gasteiger partial charge in [0, 0.05) is 0 Å². The van der Waals surface area contributed by atoms with Crippen molar-refractivity contribution in [1.29, 1.82) is 0 Å². The minimum absolute atomic E-state index is 0.0105. The molecule has 1 aliphatic heterocycles. The topological polar surface area (TPSA) is 26.3 Å². The van der Waals surface area contributed by atoms with Gasteiger partial charge in [-0.3, -0.25) is 4.79 Å². The quantitative estimate of drug-likeness (QED) is 0.406. The van der Waals surface area contributed by atoms with Crippen molar-refractivity contribution in [2.45, 2.75) is 32.8 Å². The lowest BCUT2D eigenvalue weighted by molar-refractivity contribution is -0.162. The highest BCUT2D eigenvalue weighted by Gasteiger charge is 2.37. The molecule has 12 heavy (non-hydrogen) atoms. The maximum atomic E-state index is 11.3. The Morgan fingerprint density at radius 3 is 3.08 bits per heavy atom. The van der Waals surface area contributed by atoms with Gasteiger partial charge in [0.2, 0.25) is 0 Å². The summed E-state index contributed by atoms with van der Waals surface area (Å²) in [6.07, 6.45) is 4.39. The number of carbonyl (C=O) groups is 1. The molecular weight excluding hydrogens is 152 g/mol. The number of hydrogen-bond donors (Lipinski definition) is 0. The van der Waals surface area contributed by atoms with Crippen LogP contribution in [0.1, 0.15) is 26.7 Å². The van der Waals surface area contributed by atoms with Gasteiger partial charge in [-0.25, -0.2) is 0 Å². The Hall–Kier alpha value is -0.790. The zero-order chi connectivity index (χ0) is 8.72. The molecule has 2 rings (SSSR count). The number of allylic oxidation sites excluding steroid dienone is 1. The Labute approximate surface area is 72.6 Å². The van der Waals surface area contributed by atoms with Crippen LogP contribution in [0.25, 0.3) is 0 Å². The third-order valence-electron chi connectivity index (χ3n) is 3.10. The molecule has 0 saturated carbocycles. The van der Waals surface area contributed by atoms with Gasteiger partial charge in [0.25, 0.3) is 0 Å². The summed E-state index contributed by atoms with van der Waals surface area (Å²) in [6, 6.07) is 0. The van der Waals surface area contributed by atoms with Crippen LogP contribution in [-0.2, 0) is 9.53 Å². The van der Waals surface area contributed by atoms with Crippen LogP contribution >= 0.6 is 0 Å². The molecule has 1 saturated heterocycles. The molecule has 2 heteroatoms. The first-order valence-electron chi connectivity index (χ1n) is 4.55. The number of rotatable bonds is 0. The van der Waals surface area contributed by atoms with E-state index >= 15 is 0 Å². The number of esters is 1. The highest BCUT2D eigenvalue weighted by Crippen LogP contribution is 2.36. The second-order valence-electron chi connectivity index (χ2n) is 3.89. The lowest BCUT2D eigenvalue weighted by atomic mass is 9.78. The molecule has 2 nitrogen and oxygen atoms in total. The van der Waals surface area contributed by atoms with Crippen molar-refractivity contribution >= 4 is 5.97 Å². The van der Waals surface area contributed by atoms with Crippen LogP contribution in [0.2, 0.25) is 0 Å². The molecule has 0 N–H and O–H groups in total. The van der Waals surface area contributed by atoms with E-state index in [1.54, 1.807) is 0 Å². The molecule has 1 aliphatic carbocycles. The molecule has 66 valence electrons. The Morgan fingerprint density at radius 1 is 1.58 bits per heavy atom. The van der Waals surface area contributed by atoms with Crippen LogP contribution in [0.5, 0.6) is 0 Å². The first kappa shape index (κ1) is 7.84. The predicted molar refractivity (Wildman–Crippen MR) is 45.5 cm³/mol. The van der Waals surface area contributed by atoms with Gasteiger partial charge in [0.15, 0.2) is 0 Å². The summed E-state index contributed by atoms with van der Waals surface area (Å²) in [5, 5.41) is 0. The summed E-state index contributed by atoms with van der Waals surface area (Å²) in [5.41, 5.74) is 1.23. The van der Waals surface area contributed by atoms with E-state index in [0.29, 0.717) is 5.92 Å². The Bertz CT molecular complexity index is 242. The molecule has 0 aromatic rings. The van der Waals surface area contributed by atoms with E-state index in [4.69, 9.17) is 4.74 Å². The highest BCUT2D eigenvalue weighted by molar-refractivity contribution is 5.74. The summed E-state index contributed by atoms with van der Waals surface area (Å²) < 4.78 is 5.27. The summed E-state index contributed by atoms with van der Waals surface area (Å²) in [4.78, 5) is 11.3. The first-order valence-corrected chi connectivity index (χ1v) is 4.55. The van der Waals surface area contributed by atoms with E-state index in [0.717, 1.165) is 12.8 Å². The molecule has 0 spiro atoms. The van der Waals surface area contributed by atoms with E-state index in [-0.39, 0.29) is 18.0 Å². The fraction of sp³-hybridized carbons (Fsp3) is 0.700. The van der Waals surface area contributed by atoms with Crippen LogP contribution < -0.4 is 0 Å². The average molecular weight is 166 g/mol. The molecule has 0 radical (unpaired) electrons. The van der Waals surface area contributed by atoms with E-state index in [1.807, 2.05) is 13.8 Å². The van der Waals surface area contributed by atoms with Gasteiger partial charge in [0.05, 0.1) is 5.92 Å². The largest absolute Gasteiger partial charge is 0.458 e. The number of ether oxygens (including phenoxy) is 1. The van der Waals surface area contributed by atoms with Crippen molar-refractivity contribution in [2.75, 3.05) is 0 Å². The minimum Gasteiger partial charge on any atom is -0.458 e. The van der Waals surface area contributed by atoms with Crippen molar-refractivity contribution in [3.63, 3.8) is 0 Å². The summed E-state index contributed by atoms with van der Waals surface area (Å²) in [6.45, 7) is 4.02. The van der Waals surface area contributed by atoms with Crippen molar-refractivity contribution < 1.29 is 9.53 Å². The van der Waals surface area contributed by atoms with Gasteiger partial charge in [-0.2, -0.15) is 0 Å². The maximum absolute atomic E-state index is 11.3. The van der Waals surface area contributed by atoms with Crippen LogP contribution in [0.4, 0.5) is 0 Å². The van der Waals surface area contributed by atoms with Gasteiger partial charge < -0.3 is 4.74 Å². The van der Waals surface area contributed by atoms with Crippen LogP contribution in [-0.4, -0.2) is 12.1 Å². The lowest BCUT2D eigenvalue weighted by Crippen LogP contribution is -2.39. The van der Waals surface area contributed by atoms with E-state index in [9.17, 15) is 4.79 Å². The van der Waals surface area contributed by atoms with Crippen molar-refractivity contribution in [2.24, 2.45) is 11.8 Å². The molecule has 3 atom stereocenters. The zero-order valence-electron chi connectivity index (χ0n) is 7.54. The Balaban J connectivity index is 2.24. The minimum atomic E-state index is -0.0105. The molecule has 1 unspecified atom stereocenters. The standard InChI is InChI=1S/C10H14O2/c1-6-3-4-8-5-9(6)12-10(11)7(8)2/h3,7-9H,4-5H2,1-2H3/t7?,8-,9-/m1/s1. The van der Waals surface area contributed by atoms with Crippen LogP contribution in [0.3, 0.4) is 0 Å². The van der Waals surface area contributed by atoms with Gasteiger partial charge in [-0.05, 0) is 31.3 Å². The molecule has 0 aromatic carbocycles. The molecule has 1 fully saturated rings. The normalized spacial score (nSPS) is 40.3. The van der Waals surface area contributed by atoms with E-state index < -0.39 is 0 Å². The van der Waals surface area contributed by atoms with Gasteiger partial charge >= 0.3 is 5.97 Å². The fourth-order valence-electron chi connectivity index (χ4n) is 2.02. The van der Waals surface area contributed by atoms with Crippen molar-refractivity contribution in [3.8, 4) is 0 Å². The highest BCUT2D eigenvalue weighted by atomic mass is 16.5. The maximum Gasteiger partial charge on any atom is 0.309 e. The molecule has 0 amide bonds. The zero-order valence-corrected chi connectivity index (χ0v) is 7.54. The third kappa shape index (κ3) is 1.06. The van der Waals surface area contributed by atoms with Gasteiger partial charge in [0.1, 0.15) is 6.10 Å². The smallest absolute Gasteiger partial charge is 0.309 e. The van der Waals surface area contributed by atoms with Crippen molar-refractivity contribution in [3.05, 3.63) is 11.6 Å².